The van der Waals surface area contributed by atoms with Crippen LogP contribution in [0.5, 0.6) is 0 Å². The molecule has 0 saturated heterocycles. The van der Waals surface area contributed by atoms with Gasteiger partial charge in [0.05, 0.1) is 1.37 Å². The number of hydrogen-bond donors (Lipinski definition) is 0. The lowest BCUT2D eigenvalue weighted by Crippen LogP contribution is -1.65. The van der Waals surface area contributed by atoms with Crippen LogP contribution in [0.2, 0.25) is 0 Å². The van der Waals surface area contributed by atoms with Gasteiger partial charge in [0.25, 0.3) is 0 Å². The molecule has 1 aromatic rings. The third-order valence-electron chi connectivity index (χ3n) is 1.20. The standard InChI is InChI=1S/C7H6S2/c1-2-4-7-6(3-1)8-5-9-7/h1-4H,5H2/i5D. The molecule has 0 atom stereocenters. The molecule has 0 saturated carbocycles. The molecule has 2 rings (SSSR count). The topological polar surface area (TPSA) is 0 Å². The molecular weight excluding hydrogens is 148 g/mol. The summed E-state index contributed by atoms with van der Waals surface area (Å²) in [7, 11) is 0. The van der Waals surface area contributed by atoms with E-state index in [0.717, 1.165) is 0 Å². The summed E-state index contributed by atoms with van der Waals surface area (Å²) in [5, 5.41) is -0.0441. The zero-order chi connectivity index (χ0) is 6.97. The fourth-order valence-electron chi connectivity index (χ4n) is 0.773. The maximum Gasteiger partial charge on any atom is 0.0503 e. The van der Waals surface area contributed by atoms with E-state index < -0.39 is 0 Å². The van der Waals surface area contributed by atoms with Gasteiger partial charge in [0.15, 0.2) is 0 Å². The number of benzene rings is 1. The molecule has 0 fully saturated rings. The summed E-state index contributed by atoms with van der Waals surface area (Å²) in [6, 6.07) is 8.18. The van der Waals surface area contributed by atoms with E-state index in [9.17, 15) is 0 Å². The molecule has 0 nitrogen and oxygen atoms in total. The van der Waals surface area contributed by atoms with Crippen molar-refractivity contribution in [1.82, 2.24) is 0 Å². The van der Waals surface area contributed by atoms with Gasteiger partial charge in [0.2, 0.25) is 0 Å². The second-order valence-electron chi connectivity index (χ2n) is 1.78. The SMILES string of the molecule is [2H]C1Sc2ccccc2S1. The van der Waals surface area contributed by atoms with Crippen molar-refractivity contribution in [3.8, 4) is 0 Å². The Kier molecular flexibility index (Phi) is 1.18. The lowest BCUT2D eigenvalue weighted by molar-refractivity contribution is 1.27. The van der Waals surface area contributed by atoms with E-state index >= 15 is 0 Å². The van der Waals surface area contributed by atoms with Crippen molar-refractivity contribution in [2.24, 2.45) is 0 Å². The molecule has 9 heavy (non-hydrogen) atoms. The first-order valence-electron chi connectivity index (χ1n) is 3.28. The molecule has 0 radical (unpaired) electrons. The number of hydrogen-bond acceptors (Lipinski definition) is 2. The van der Waals surface area contributed by atoms with Crippen LogP contribution in [0.15, 0.2) is 34.1 Å². The predicted octanol–water partition coefficient (Wildman–Crippen LogP) is 2.84. The lowest BCUT2D eigenvalue weighted by atomic mass is 10.4. The fraction of sp³-hybridized carbons (Fsp3) is 0.143. The van der Waals surface area contributed by atoms with Crippen LogP contribution in [-0.4, -0.2) is 5.06 Å². The minimum Gasteiger partial charge on any atom is -0.114 e. The van der Waals surface area contributed by atoms with E-state index in [1.54, 1.807) is 23.5 Å². The van der Waals surface area contributed by atoms with Crippen LogP contribution >= 0.6 is 23.5 Å². The van der Waals surface area contributed by atoms with Gasteiger partial charge >= 0.3 is 0 Å². The molecular formula is C7H6S2. The van der Waals surface area contributed by atoms with Crippen LogP contribution in [0.1, 0.15) is 1.37 Å². The van der Waals surface area contributed by atoms with Crippen molar-refractivity contribution in [1.29, 1.82) is 0 Å². The van der Waals surface area contributed by atoms with E-state index in [0.29, 0.717) is 0 Å². The normalized spacial score (nSPS) is 19.3. The molecule has 46 valence electrons. The summed E-state index contributed by atoms with van der Waals surface area (Å²) in [5.74, 6) is 0. The molecule has 1 heterocycles. The van der Waals surface area contributed by atoms with Gasteiger partial charge in [-0.3, -0.25) is 0 Å². The van der Waals surface area contributed by atoms with Crippen molar-refractivity contribution < 1.29 is 1.37 Å². The van der Waals surface area contributed by atoms with Gasteiger partial charge in [-0.2, -0.15) is 0 Å². The van der Waals surface area contributed by atoms with E-state index in [1.807, 2.05) is 12.1 Å². The largest absolute Gasteiger partial charge is 0.114 e. The Bertz CT molecular complexity index is 224. The van der Waals surface area contributed by atoms with Crippen molar-refractivity contribution >= 4 is 23.5 Å². The highest BCUT2D eigenvalue weighted by atomic mass is 32.2. The van der Waals surface area contributed by atoms with Crippen molar-refractivity contribution in [3.63, 3.8) is 0 Å². The summed E-state index contributed by atoms with van der Waals surface area (Å²) in [4.78, 5) is 2.51. The first-order valence-corrected chi connectivity index (χ1v) is 4.47. The summed E-state index contributed by atoms with van der Waals surface area (Å²) in [6.07, 6.45) is 0. The maximum atomic E-state index is 7.44. The Morgan fingerprint density at radius 3 is 2.33 bits per heavy atom. The smallest absolute Gasteiger partial charge is 0.0503 e. The molecule has 0 spiro atoms. The minimum absolute atomic E-state index is 0.0441. The molecule has 0 bridgehead atoms. The van der Waals surface area contributed by atoms with Gasteiger partial charge in [0, 0.05) is 14.9 Å². The van der Waals surface area contributed by atoms with Gasteiger partial charge in [-0.05, 0) is 12.1 Å². The molecule has 2 heteroatoms. The van der Waals surface area contributed by atoms with Crippen LogP contribution < -0.4 is 0 Å². The molecule has 1 aromatic carbocycles. The predicted molar refractivity (Wildman–Crippen MR) is 43.0 cm³/mol. The minimum atomic E-state index is -0.0441. The zero-order valence-corrected chi connectivity index (χ0v) is 6.34. The first-order chi connectivity index (χ1) is 4.86. The van der Waals surface area contributed by atoms with Crippen LogP contribution in [0.3, 0.4) is 0 Å². The summed E-state index contributed by atoms with van der Waals surface area (Å²) in [6.45, 7) is 0. The zero-order valence-electron chi connectivity index (χ0n) is 5.70. The van der Waals surface area contributed by atoms with Gasteiger partial charge in [-0.1, -0.05) is 12.1 Å². The van der Waals surface area contributed by atoms with Crippen LogP contribution in [0.4, 0.5) is 0 Å². The van der Waals surface area contributed by atoms with Crippen LogP contribution in [-0.2, 0) is 0 Å². The Labute approximate surface area is 64.4 Å². The third-order valence-corrected chi connectivity index (χ3v) is 3.32. The first kappa shape index (κ1) is 4.69. The van der Waals surface area contributed by atoms with Crippen LogP contribution in [0, 0.1) is 0 Å². The Morgan fingerprint density at radius 2 is 1.78 bits per heavy atom. The average molecular weight is 155 g/mol. The van der Waals surface area contributed by atoms with Crippen molar-refractivity contribution in [2.45, 2.75) is 9.79 Å². The highest BCUT2D eigenvalue weighted by Crippen LogP contribution is 2.40. The van der Waals surface area contributed by atoms with Gasteiger partial charge < -0.3 is 0 Å². The average Bonchev–Trinajstić information content (AvgIpc) is 2.27. The summed E-state index contributed by atoms with van der Waals surface area (Å²) in [5.41, 5.74) is 0. The second-order valence-corrected chi connectivity index (χ2v) is 3.90. The molecule has 0 aromatic heterocycles. The molecule has 0 N–H and O–H groups in total. The molecule has 1 aliphatic heterocycles. The lowest BCUT2D eigenvalue weighted by Gasteiger charge is -1.90. The number of thioether (sulfide) groups is 2. The Morgan fingerprint density at radius 1 is 1.22 bits per heavy atom. The van der Waals surface area contributed by atoms with E-state index in [-0.39, 0.29) is 5.06 Å². The molecule has 0 aliphatic carbocycles. The highest BCUT2D eigenvalue weighted by molar-refractivity contribution is 8.18. The summed E-state index contributed by atoms with van der Waals surface area (Å²) >= 11 is 3.24. The quantitative estimate of drug-likeness (QED) is 0.565. The van der Waals surface area contributed by atoms with Gasteiger partial charge in [-0.25, -0.2) is 0 Å². The second kappa shape index (κ2) is 2.27. The third kappa shape index (κ3) is 0.970. The van der Waals surface area contributed by atoms with Gasteiger partial charge in [-0.15, -0.1) is 23.5 Å². The van der Waals surface area contributed by atoms with E-state index in [4.69, 9.17) is 1.37 Å². The number of fused-ring (bicyclic) bond motifs is 1. The summed E-state index contributed by atoms with van der Waals surface area (Å²) < 4.78 is 7.44. The van der Waals surface area contributed by atoms with E-state index in [1.165, 1.54) is 9.79 Å². The molecule has 1 aliphatic rings. The van der Waals surface area contributed by atoms with E-state index in [2.05, 4.69) is 12.1 Å². The maximum absolute atomic E-state index is 7.44. The van der Waals surface area contributed by atoms with Crippen molar-refractivity contribution in [3.05, 3.63) is 24.3 Å². The monoisotopic (exact) mass is 155 g/mol. The Balaban J connectivity index is 2.42. The molecule has 0 amide bonds. The van der Waals surface area contributed by atoms with Crippen molar-refractivity contribution in [2.75, 3.05) is 5.06 Å². The molecule has 0 unspecified atom stereocenters. The Hall–Kier alpha value is -0.0800. The highest BCUT2D eigenvalue weighted by Gasteiger charge is 2.08. The van der Waals surface area contributed by atoms with Crippen LogP contribution in [0.25, 0.3) is 0 Å². The fourth-order valence-corrected chi connectivity index (χ4v) is 2.77. The number of rotatable bonds is 0. The van der Waals surface area contributed by atoms with Gasteiger partial charge in [0.1, 0.15) is 0 Å².